The summed E-state index contributed by atoms with van der Waals surface area (Å²) in [5.41, 5.74) is 1.72. The standard InChI is InChI=1S/C14H12O4/c1-7-3-9-6-12(14(17)18)8(2)4-10(9)5-11(7)13(15)16/h3-6H,1-2H3,(H,15,16)(H,17,18). The van der Waals surface area contributed by atoms with Gasteiger partial charge in [0.1, 0.15) is 0 Å². The van der Waals surface area contributed by atoms with Gasteiger partial charge in [-0.2, -0.15) is 0 Å². The fourth-order valence-corrected chi connectivity index (χ4v) is 2.04. The van der Waals surface area contributed by atoms with Crippen LogP contribution in [-0.2, 0) is 0 Å². The van der Waals surface area contributed by atoms with Gasteiger partial charge < -0.3 is 10.2 Å². The van der Waals surface area contributed by atoms with Crippen LogP contribution in [-0.4, -0.2) is 22.2 Å². The highest BCUT2D eigenvalue weighted by Crippen LogP contribution is 2.23. The molecule has 0 spiro atoms. The Hall–Kier alpha value is -2.36. The van der Waals surface area contributed by atoms with Gasteiger partial charge in [-0.3, -0.25) is 0 Å². The first kappa shape index (κ1) is 12.1. The Balaban J connectivity index is 2.78. The number of carbonyl (C=O) groups is 2. The number of aryl methyl sites for hydroxylation is 2. The van der Waals surface area contributed by atoms with Gasteiger partial charge in [0.25, 0.3) is 0 Å². The average Bonchev–Trinajstić information content (AvgIpc) is 2.27. The number of rotatable bonds is 2. The summed E-state index contributed by atoms with van der Waals surface area (Å²) in [4.78, 5) is 22.1. The predicted octanol–water partition coefficient (Wildman–Crippen LogP) is 2.85. The van der Waals surface area contributed by atoms with Crippen LogP contribution in [0.15, 0.2) is 24.3 Å². The monoisotopic (exact) mass is 244 g/mol. The third-order valence-corrected chi connectivity index (χ3v) is 2.99. The molecule has 0 aliphatic rings. The number of fused-ring (bicyclic) bond motifs is 1. The van der Waals surface area contributed by atoms with Crippen molar-refractivity contribution < 1.29 is 19.8 Å². The van der Waals surface area contributed by atoms with E-state index < -0.39 is 11.9 Å². The van der Waals surface area contributed by atoms with E-state index in [4.69, 9.17) is 10.2 Å². The van der Waals surface area contributed by atoms with E-state index in [1.54, 1.807) is 38.1 Å². The first-order chi connectivity index (χ1) is 8.40. The van der Waals surface area contributed by atoms with Gasteiger partial charge in [0, 0.05) is 0 Å². The van der Waals surface area contributed by atoms with E-state index in [9.17, 15) is 9.59 Å². The van der Waals surface area contributed by atoms with Gasteiger partial charge in [-0.1, -0.05) is 12.1 Å². The topological polar surface area (TPSA) is 74.6 Å². The van der Waals surface area contributed by atoms with E-state index in [0.717, 1.165) is 10.8 Å². The molecule has 4 nitrogen and oxygen atoms in total. The molecule has 18 heavy (non-hydrogen) atoms. The molecule has 0 aromatic heterocycles. The highest BCUT2D eigenvalue weighted by molar-refractivity contribution is 6.00. The lowest BCUT2D eigenvalue weighted by Crippen LogP contribution is -2.02. The fourth-order valence-electron chi connectivity index (χ4n) is 2.04. The number of hydrogen-bond donors (Lipinski definition) is 2. The zero-order chi connectivity index (χ0) is 13.4. The Morgan fingerprint density at radius 1 is 0.778 bits per heavy atom. The maximum absolute atomic E-state index is 11.0. The first-order valence-corrected chi connectivity index (χ1v) is 5.41. The summed E-state index contributed by atoms with van der Waals surface area (Å²) in [6.45, 7) is 3.40. The van der Waals surface area contributed by atoms with Crippen molar-refractivity contribution in [1.82, 2.24) is 0 Å². The molecule has 2 N–H and O–H groups in total. The minimum Gasteiger partial charge on any atom is -0.478 e. The minimum atomic E-state index is -0.977. The summed E-state index contributed by atoms with van der Waals surface area (Å²) in [6, 6.07) is 6.55. The summed E-state index contributed by atoms with van der Waals surface area (Å²) in [7, 11) is 0. The van der Waals surface area contributed by atoms with Gasteiger partial charge in [0.15, 0.2) is 0 Å². The van der Waals surface area contributed by atoms with Gasteiger partial charge in [-0.15, -0.1) is 0 Å². The van der Waals surface area contributed by atoms with Crippen LogP contribution in [0, 0.1) is 13.8 Å². The van der Waals surface area contributed by atoms with E-state index in [2.05, 4.69) is 0 Å². The number of benzene rings is 2. The number of carboxylic acid groups (broad SMARTS) is 2. The van der Waals surface area contributed by atoms with E-state index in [0.29, 0.717) is 11.1 Å². The lowest BCUT2D eigenvalue weighted by Gasteiger charge is -2.07. The van der Waals surface area contributed by atoms with Crippen molar-refractivity contribution in [3.8, 4) is 0 Å². The molecule has 2 aromatic carbocycles. The van der Waals surface area contributed by atoms with Crippen LogP contribution >= 0.6 is 0 Å². The highest BCUT2D eigenvalue weighted by atomic mass is 16.4. The van der Waals surface area contributed by atoms with Crippen molar-refractivity contribution >= 4 is 22.7 Å². The quantitative estimate of drug-likeness (QED) is 0.851. The van der Waals surface area contributed by atoms with Crippen LogP contribution in [0.5, 0.6) is 0 Å². The maximum Gasteiger partial charge on any atom is 0.335 e. The van der Waals surface area contributed by atoms with Crippen molar-refractivity contribution in [3.05, 3.63) is 46.5 Å². The Kier molecular flexibility index (Phi) is 2.79. The highest BCUT2D eigenvalue weighted by Gasteiger charge is 2.12. The zero-order valence-corrected chi connectivity index (χ0v) is 10.0. The zero-order valence-electron chi connectivity index (χ0n) is 10.0. The molecule has 0 aliphatic heterocycles. The first-order valence-electron chi connectivity index (χ1n) is 5.41. The minimum absolute atomic E-state index is 0.241. The van der Waals surface area contributed by atoms with Crippen molar-refractivity contribution in [2.45, 2.75) is 13.8 Å². The van der Waals surface area contributed by atoms with Crippen LogP contribution in [0.3, 0.4) is 0 Å². The summed E-state index contributed by atoms with van der Waals surface area (Å²) >= 11 is 0. The fraction of sp³-hybridized carbons (Fsp3) is 0.143. The van der Waals surface area contributed by atoms with Crippen molar-refractivity contribution in [2.75, 3.05) is 0 Å². The molecule has 0 unspecified atom stereocenters. The lowest BCUT2D eigenvalue weighted by atomic mass is 9.97. The predicted molar refractivity (Wildman–Crippen MR) is 67.3 cm³/mol. The van der Waals surface area contributed by atoms with E-state index in [1.807, 2.05) is 0 Å². The van der Waals surface area contributed by atoms with Crippen molar-refractivity contribution in [2.24, 2.45) is 0 Å². The van der Waals surface area contributed by atoms with Gasteiger partial charge in [-0.25, -0.2) is 9.59 Å². The second-order valence-corrected chi connectivity index (χ2v) is 4.29. The summed E-state index contributed by atoms with van der Waals surface area (Å²) in [5.74, 6) is -1.95. The molecule has 2 aromatic rings. The Morgan fingerprint density at radius 2 is 1.11 bits per heavy atom. The average molecular weight is 244 g/mol. The Morgan fingerprint density at radius 3 is 1.39 bits per heavy atom. The second kappa shape index (κ2) is 4.14. The largest absolute Gasteiger partial charge is 0.478 e. The third-order valence-electron chi connectivity index (χ3n) is 2.99. The van der Waals surface area contributed by atoms with Gasteiger partial charge >= 0.3 is 11.9 Å². The van der Waals surface area contributed by atoms with E-state index in [-0.39, 0.29) is 11.1 Å². The van der Waals surface area contributed by atoms with Crippen molar-refractivity contribution in [1.29, 1.82) is 0 Å². The third kappa shape index (κ3) is 1.93. The molecular formula is C14H12O4. The molecule has 0 fully saturated rings. The molecule has 4 heteroatoms. The van der Waals surface area contributed by atoms with Crippen molar-refractivity contribution in [3.63, 3.8) is 0 Å². The normalized spacial score (nSPS) is 10.6. The van der Waals surface area contributed by atoms with Gasteiger partial charge in [-0.05, 0) is 47.9 Å². The summed E-state index contributed by atoms with van der Waals surface area (Å²) < 4.78 is 0. The molecule has 0 aliphatic carbocycles. The molecule has 0 amide bonds. The lowest BCUT2D eigenvalue weighted by molar-refractivity contribution is 0.0685. The smallest absolute Gasteiger partial charge is 0.335 e. The molecule has 0 saturated heterocycles. The Bertz CT molecular complexity index is 612. The molecule has 0 saturated carbocycles. The molecule has 92 valence electrons. The van der Waals surface area contributed by atoms with Crippen LogP contribution in [0.1, 0.15) is 31.8 Å². The molecule has 0 atom stereocenters. The van der Waals surface area contributed by atoms with E-state index >= 15 is 0 Å². The maximum atomic E-state index is 11.0. The second-order valence-electron chi connectivity index (χ2n) is 4.29. The van der Waals surface area contributed by atoms with Gasteiger partial charge in [0.2, 0.25) is 0 Å². The van der Waals surface area contributed by atoms with Crippen LogP contribution in [0.25, 0.3) is 10.8 Å². The number of hydrogen-bond acceptors (Lipinski definition) is 2. The molecule has 2 rings (SSSR count). The molecule has 0 bridgehead atoms. The molecule has 0 heterocycles. The summed E-state index contributed by atoms with van der Waals surface area (Å²) in [5, 5.41) is 19.6. The van der Waals surface area contributed by atoms with Crippen LogP contribution < -0.4 is 0 Å². The Labute approximate surface area is 103 Å². The van der Waals surface area contributed by atoms with Crippen LogP contribution in [0.4, 0.5) is 0 Å². The molecule has 0 radical (unpaired) electrons. The van der Waals surface area contributed by atoms with Crippen LogP contribution in [0.2, 0.25) is 0 Å². The summed E-state index contributed by atoms with van der Waals surface area (Å²) in [6.07, 6.45) is 0. The SMILES string of the molecule is Cc1cc2cc(C(=O)O)c(C)cc2cc1C(=O)O. The number of carboxylic acids is 2. The number of aromatic carboxylic acids is 2. The van der Waals surface area contributed by atoms with E-state index in [1.165, 1.54) is 0 Å². The molecular weight excluding hydrogens is 232 g/mol. The van der Waals surface area contributed by atoms with Gasteiger partial charge in [0.05, 0.1) is 11.1 Å².